The maximum Gasteiger partial charge on any atom is 0.215 e. The quantitative estimate of drug-likeness (QED) is 0.762. The first-order chi connectivity index (χ1) is 7.53. The second-order valence-corrected chi connectivity index (χ2v) is 5.19. The first-order valence-electron chi connectivity index (χ1n) is 4.90. The second kappa shape index (κ2) is 7.60. The van der Waals surface area contributed by atoms with Crippen LogP contribution < -0.4 is 10.0 Å². The number of hydrogen-bond acceptors (Lipinski definition) is 3. The highest BCUT2D eigenvalue weighted by Crippen LogP contribution is 2.06. The summed E-state index contributed by atoms with van der Waals surface area (Å²) in [6.45, 7) is 0.919. The SMILES string of the molecule is CNCCNS(=O)(=O)Cc1ccc(F)cc1.Cl. The summed E-state index contributed by atoms with van der Waals surface area (Å²) in [6.07, 6.45) is 0. The van der Waals surface area contributed by atoms with Crippen LogP contribution in [0.25, 0.3) is 0 Å². The highest BCUT2D eigenvalue weighted by atomic mass is 35.5. The third-order valence-electron chi connectivity index (χ3n) is 1.97. The topological polar surface area (TPSA) is 58.2 Å². The summed E-state index contributed by atoms with van der Waals surface area (Å²) in [6, 6.07) is 5.43. The zero-order valence-electron chi connectivity index (χ0n) is 9.44. The molecule has 4 nitrogen and oxygen atoms in total. The molecule has 1 aromatic rings. The molecule has 2 N–H and O–H groups in total. The molecule has 0 spiro atoms. The van der Waals surface area contributed by atoms with Gasteiger partial charge in [0, 0.05) is 13.1 Å². The van der Waals surface area contributed by atoms with E-state index in [2.05, 4.69) is 10.0 Å². The van der Waals surface area contributed by atoms with Gasteiger partial charge in [-0.3, -0.25) is 0 Å². The van der Waals surface area contributed by atoms with E-state index in [9.17, 15) is 12.8 Å². The van der Waals surface area contributed by atoms with Gasteiger partial charge in [0.2, 0.25) is 10.0 Å². The Kier molecular flexibility index (Phi) is 7.29. The molecular weight excluding hydrogens is 267 g/mol. The lowest BCUT2D eigenvalue weighted by Gasteiger charge is -2.06. The van der Waals surface area contributed by atoms with E-state index in [0.29, 0.717) is 18.7 Å². The van der Waals surface area contributed by atoms with Gasteiger partial charge in [0.15, 0.2) is 0 Å². The Labute approximate surface area is 107 Å². The Hall–Kier alpha value is -0.690. The molecule has 0 aliphatic carbocycles. The predicted octanol–water partition coefficient (Wildman–Crippen LogP) is 0.886. The molecule has 1 aromatic carbocycles. The fourth-order valence-corrected chi connectivity index (χ4v) is 2.33. The van der Waals surface area contributed by atoms with Crippen molar-refractivity contribution in [2.24, 2.45) is 0 Å². The monoisotopic (exact) mass is 282 g/mol. The summed E-state index contributed by atoms with van der Waals surface area (Å²) in [5, 5.41) is 2.84. The summed E-state index contributed by atoms with van der Waals surface area (Å²) in [7, 11) is -1.59. The zero-order valence-corrected chi connectivity index (χ0v) is 11.1. The van der Waals surface area contributed by atoms with Gasteiger partial charge in [0.25, 0.3) is 0 Å². The molecule has 0 amide bonds. The van der Waals surface area contributed by atoms with E-state index in [1.54, 1.807) is 7.05 Å². The van der Waals surface area contributed by atoms with Crippen molar-refractivity contribution in [2.75, 3.05) is 20.1 Å². The lowest BCUT2D eigenvalue weighted by Crippen LogP contribution is -2.31. The molecule has 17 heavy (non-hydrogen) atoms. The van der Waals surface area contributed by atoms with Crippen molar-refractivity contribution in [2.45, 2.75) is 5.75 Å². The van der Waals surface area contributed by atoms with Crippen LogP contribution in [0.3, 0.4) is 0 Å². The summed E-state index contributed by atoms with van der Waals surface area (Å²) < 4.78 is 38.1. The summed E-state index contributed by atoms with van der Waals surface area (Å²) >= 11 is 0. The number of nitrogens with one attached hydrogen (secondary N) is 2. The van der Waals surface area contributed by atoms with Gasteiger partial charge in [0.1, 0.15) is 5.82 Å². The Balaban J connectivity index is 0.00000256. The number of hydrogen-bond donors (Lipinski definition) is 2. The van der Waals surface area contributed by atoms with Gasteiger partial charge < -0.3 is 5.32 Å². The van der Waals surface area contributed by atoms with Crippen LogP contribution in [-0.2, 0) is 15.8 Å². The maximum atomic E-state index is 12.6. The molecule has 0 heterocycles. The molecule has 0 radical (unpaired) electrons. The Morgan fingerprint density at radius 3 is 2.29 bits per heavy atom. The van der Waals surface area contributed by atoms with Crippen molar-refractivity contribution in [1.82, 2.24) is 10.0 Å². The largest absolute Gasteiger partial charge is 0.318 e. The average Bonchev–Trinajstić information content (AvgIpc) is 2.21. The van der Waals surface area contributed by atoms with E-state index in [1.165, 1.54) is 24.3 Å². The number of likely N-dealkylation sites (N-methyl/N-ethyl adjacent to an activating group) is 1. The Bertz CT molecular complexity index is 422. The zero-order chi connectivity index (χ0) is 12.0. The van der Waals surface area contributed by atoms with E-state index in [4.69, 9.17) is 0 Å². The number of rotatable bonds is 6. The minimum absolute atomic E-state index is 0. The molecule has 0 fully saturated rings. The van der Waals surface area contributed by atoms with Crippen molar-refractivity contribution in [1.29, 1.82) is 0 Å². The number of benzene rings is 1. The lowest BCUT2D eigenvalue weighted by atomic mass is 10.2. The lowest BCUT2D eigenvalue weighted by molar-refractivity contribution is 0.578. The molecule has 0 saturated heterocycles. The molecule has 98 valence electrons. The summed E-state index contributed by atoms with van der Waals surface area (Å²) in [5.74, 6) is -0.499. The van der Waals surface area contributed by atoms with Crippen molar-refractivity contribution >= 4 is 22.4 Å². The van der Waals surface area contributed by atoms with Gasteiger partial charge in [-0.05, 0) is 24.7 Å². The van der Waals surface area contributed by atoms with E-state index >= 15 is 0 Å². The van der Waals surface area contributed by atoms with Crippen LogP contribution in [0.5, 0.6) is 0 Å². The van der Waals surface area contributed by atoms with Crippen LogP contribution in [0.4, 0.5) is 4.39 Å². The normalized spacial score (nSPS) is 10.9. The highest BCUT2D eigenvalue weighted by molar-refractivity contribution is 7.88. The van der Waals surface area contributed by atoms with Crippen LogP contribution >= 0.6 is 12.4 Å². The standard InChI is InChI=1S/C10H15FN2O2S.ClH/c1-12-6-7-13-16(14,15)8-9-2-4-10(11)5-3-9;/h2-5,12-13H,6-8H2,1H3;1H. The van der Waals surface area contributed by atoms with Crippen molar-refractivity contribution < 1.29 is 12.8 Å². The van der Waals surface area contributed by atoms with E-state index in [1.807, 2.05) is 0 Å². The third kappa shape index (κ3) is 6.58. The Morgan fingerprint density at radius 1 is 1.18 bits per heavy atom. The molecule has 1 rings (SSSR count). The maximum absolute atomic E-state index is 12.6. The van der Waals surface area contributed by atoms with Gasteiger partial charge in [-0.1, -0.05) is 12.1 Å². The van der Waals surface area contributed by atoms with Crippen LogP contribution in [0.15, 0.2) is 24.3 Å². The third-order valence-corrected chi connectivity index (χ3v) is 3.32. The molecule has 7 heteroatoms. The highest BCUT2D eigenvalue weighted by Gasteiger charge is 2.10. The van der Waals surface area contributed by atoms with E-state index in [0.717, 1.165) is 0 Å². The fraction of sp³-hybridized carbons (Fsp3) is 0.400. The molecule has 0 aliphatic rings. The Morgan fingerprint density at radius 2 is 1.76 bits per heavy atom. The van der Waals surface area contributed by atoms with E-state index < -0.39 is 10.0 Å². The summed E-state index contributed by atoms with van der Waals surface area (Å²) in [4.78, 5) is 0. The second-order valence-electron chi connectivity index (χ2n) is 3.38. The van der Waals surface area contributed by atoms with Crippen LogP contribution in [0.2, 0.25) is 0 Å². The van der Waals surface area contributed by atoms with Crippen molar-refractivity contribution in [3.05, 3.63) is 35.6 Å². The molecule has 0 aliphatic heterocycles. The van der Waals surface area contributed by atoms with Gasteiger partial charge >= 0.3 is 0 Å². The minimum Gasteiger partial charge on any atom is -0.318 e. The van der Waals surface area contributed by atoms with Crippen LogP contribution in [0.1, 0.15) is 5.56 Å². The first-order valence-corrected chi connectivity index (χ1v) is 6.55. The van der Waals surface area contributed by atoms with Gasteiger partial charge in [-0.25, -0.2) is 17.5 Å². The molecule has 0 bridgehead atoms. The van der Waals surface area contributed by atoms with Gasteiger partial charge in [-0.2, -0.15) is 0 Å². The van der Waals surface area contributed by atoms with Gasteiger partial charge in [0.05, 0.1) is 5.75 Å². The van der Waals surface area contributed by atoms with Crippen molar-refractivity contribution in [3.8, 4) is 0 Å². The van der Waals surface area contributed by atoms with Crippen LogP contribution in [-0.4, -0.2) is 28.6 Å². The van der Waals surface area contributed by atoms with Gasteiger partial charge in [-0.15, -0.1) is 12.4 Å². The average molecular weight is 283 g/mol. The molecule has 0 unspecified atom stereocenters. The summed E-state index contributed by atoms with van der Waals surface area (Å²) in [5.41, 5.74) is 0.568. The number of sulfonamides is 1. The van der Waals surface area contributed by atoms with Crippen LogP contribution in [0, 0.1) is 5.82 Å². The first kappa shape index (κ1) is 16.3. The van der Waals surface area contributed by atoms with E-state index in [-0.39, 0.29) is 24.0 Å². The fourth-order valence-electron chi connectivity index (χ4n) is 1.18. The molecule has 0 saturated carbocycles. The molecule has 0 atom stereocenters. The smallest absolute Gasteiger partial charge is 0.215 e. The number of halogens is 2. The molecular formula is C10H16ClFN2O2S. The van der Waals surface area contributed by atoms with Crippen molar-refractivity contribution in [3.63, 3.8) is 0 Å². The predicted molar refractivity (Wildman–Crippen MR) is 68.2 cm³/mol. The minimum atomic E-state index is -3.33. The molecule has 0 aromatic heterocycles.